The fourth-order valence-electron chi connectivity index (χ4n) is 1.26. The summed E-state index contributed by atoms with van der Waals surface area (Å²) in [5.41, 5.74) is 2.55. The fraction of sp³-hybridized carbons (Fsp3) is 0. The van der Waals surface area contributed by atoms with Gasteiger partial charge in [0.1, 0.15) is 0 Å². The summed E-state index contributed by atoms with van der Waals surface area (Å²) in [6, 6.07) is 20.8. The molecule has 0 unspecified atom stereocenters. The van der Waals surface area contributed by atoms with Crippen LogP contribution in [0.2, 0.25) is 0 Å². The summed E-state index contributed by atoms with van der Waals surface area (Å²) in [5.74, 6) is 0. The zero-order valence-corrected chi connectivity index (χ0v) is 14.5. The van der Waals surface area contributed by atoms with Gasteiger partial charge in [-0.25, -0.2) is 0 Å². The van der Waals surface area contributed by atoms with Crippen LogP contribution in [0.4, 0.5) is 0 Å². The Morgan fingerprint density at radius 3 is 1.14 bits per heavy atom. The Balaban J connectivity index is 0. The van der Waals surface area contributed by atoms with Gasteiger partial charge in [-0.3, -0.25) is 0 Å². The number of rotatable bonds is 1. The van der Waals surface area contributed by atoms with Crippen molar-refractivity contribution in [2.24, 2.45) is 0 Å². The predicted octanol–water partition coefficient (Wildman–Crippen LogP) is -0.714. The molecule has 0 spiro atoms. The Labute approximate surface area is 126 Å². The van der Waals surface area contributed by atoms with Gasteiger partial charge in [-0.2, -0.15) is 0 Å². The molecule has 0 aliphatic rings. The van der Waals surface area contributed by atoms with Crippen molar-refractivity contribution in [1.82, 2.24) is 0 Å². The van der Waals surface area contributed by atoms with E-state index in [-0.39, 0.29) is 55.4 Å². The van der Waals surface area contributed by atoms with Crippen LogP contribution in [0.1, 0.15) is 1.43 Å². The summed E-state index contributed by atoms with van der Waals surface area (Å²) >= 11 is 0. The van der Waals surface area contributed by atoms with E-state index in [0.717, 1.165) is 0 Å². The molecule has 14 heavy (non-hydrogen) atoms. The molecule has 0 aliphatic heterocycles. The Hall–Kier alpha value is 0.258. The van der Waals surface area contributed by atoms with Gasteiger partial charge in [0.2, 0.25) is 0 Å². The SMILES string of the molecule is [H-].[Na+].[SbH3].c1ccc(-c2ccccc2)cc1. The summed E-state index contributed by atoms with van der Waals surface area (Å²) in [6.07, 6.45) is 0. The smallest absolute Gasteiger partial charge is 0.0184 e. The molecule has 0 aromatic heterocycles. The van der Waals surface area contributed by atoms with E-state index in [2.05, 4.69) is 48.5 Å². The van der Waals surface area contributed by atoms with Gasteiger partial charge in [-0.15, -0.1) is 0 Å². The van der Waals surface area contributed by atoms with Gasteiger partial charge in [-0.05, 0) is 11.1 Å². The molecule has 0 nitrogen and oxygen atoms in total. The van der Waals surface area contributed by atoms with Crippen molar-refractivity contribution in [3.8, 4) is 11.1 Å². The van der Waals surface area contributed by atoms with E-state index in [1.165, 1.54) is 11.1 Å². The molecule has 0 aliphatic carbocycles. The fourth-order valence-corrected chi connectivity index (χ4v) is 1.26. The summed E-state index contributed by atoms with van der Waals surface area (Å²) in [4.78, 5) is 0. The number of hydrogen-bond donors (Lipinski definition) is 0. The Kier molecular flexibility index (Phi) is 7.68. The first-order chi connectivity index (χ1) is 5.97. The molecule has 68 valence electrons. The summed E-state index contributed by atoms with van der Waals surface area (Å²) in [7, 11) is 0. The summed E-state index contributed by atoms with van der Waals surface area (Å²) < 4.78 is 0. The second kappa shape index (κ2) is 7.54. The molecule has 0 radical (unpaired) electrons. The van der Waals surface area contributed by atoms with Gasteiger partial charge in [0, 0.05) is 0 Å². The normalized spacial score (nSPS) is 8.29. The van der Waals surface area contributed by atoms with Gasteiger partial charge in [0.25, 0.3) is 0 Å². The Bertz CT molecular complexity index is 313. The van der Waals surface area contributed by atoms with Crippen molar-refractivity contribution in [3.63, 3.8) is 0 Å². The minimum Gasteiger partial charge on any atom is -0.0622 e. The maximum absolute atomic E-state index is 2.12. The molecule has 0 bridgehead atoms. The molecular formula is C12H14NaSb. The van der Waals surface area contributed by atoms with Crippen molar-refractivity contribution < 1.29 is 31.0 Å². The summed E-state index contributed by atoms with van der Waals surface area (Å²) in [6.45, 7) is 0. The van der Waals surface area contributed by atoms with Crippen LogP contribution in [0, 0.1) is 0 Å². The topological polar surface area (TPSA) is 0 Å². The quantitative estimate of drug-likeness (QED) is 0.611. The van der Waals surface area contributed by atoms with Crippen LogP contribution in [0.3, 0.4) is 0 Å². The van der Waals surface area contributed by atoms with Gasteiger partial charge >= 0.3 is 54.0 Å². The molecule has 0 saturated carbocycles. The maximum atomic E-state index is 2.12. The van der Waals surface area contributed by atoms with Gasteiger partial charge in [0.05, 0.1) is 0 Å². The largest absolute Gasteiger partial charge is 0.0622 e. The monoisotopic (exact) mass is 302 g/mol. The van der Waals surface area contributed by atoms with E-state index in [1.807, 2.05) is 12.1 Å². The third-order valence-electron chi connectivity index (χ3n) is 1.88. The third-order valence-corrected chi connectivity index (χ3v) is 1.88. The predicted molar refractivity (Wildman–Crippen MR) is 62.9 cm³/mol. The van der Waals surface area contributed by atoms with Gasteiger partial charge < -0.3 is 1.43 Å². The molecule has 2 aromatic rings. The molecule has 0 saturated heterocycles. The van der Waals surface area contributed by atoms with E-state index in [1.54, 1.807) is 0 Å². The molecule has 2 aromatic carbocycles. The van der Waals surface area contributed by atoms with Crippen molar-refractivity contribution in [1.29, 1.82) is 0 Å². The standard InChI is InChI=1S/C12H10.Na.Sb.4H/c1-3-7-11(8-4-1)12-9-5-2-6-10-12;;;;;;/h1-10H;;;;;;/q;+1;;;;;-1. The van der Waals surface area contributed by atoms with E-state index in [4.69, 9.17) is 0 Å². The molecule has 0 amide bonds. The van der Waals surface area contributed by atoms with Gasteiger partial charge in [0.15, 0.2) is 0 Å². The second-order valence-corrected chi connectivity index (χ2v) is 2.73. The molecule has 0 heterocycles. The molecule has 0 fully saturated rings. The zero-order valence-electron chi connectivity index (χ0n) is 9.48. The molecule has 0 atom stereocenters. The van der Waals surface area contributed by atoms with Crippen molar-refractivity contribution in [3.05, 3.63) is 60.7 Å². The van der Waals surface area contributed by atoms with E-state index in [0.29, 0.717) is 0 Å². The Morgan fingerprint density at radius 1 is 0.571 bits per heavy atom. The van der Waals surface area contributed by atoms with Crippen LogP contribution >= 0.6 is 0 Å². The van der Waals surface area contributed by atoms with Crippen LogP contribution < -0.4 is 29.6 Å². The van der Waals surface area contributed by atoms with E-state index < -0.39 is 0 Å². The molecule has 2 rings (SSSR count). The third kappa shape index (κ3) is 3.79. The van der Waals surface area contributed by atoms with Gasteiger partial charge in [-0.1, -0.05) is 60.7 Å². The van der Waals surface area contributed by atoms with Crippen LogP contribution in [0.15, 0.2) is 60.7 Å². The first-order valence-corrected chi connectivity index (χ1v) is 4.07. The van der Waals surface area contributed by atoms with Crippen LogP contribution in [0.5, 0.6) is 0 Å². The zero-order chi connectivity index (χ0) is 8.23. The minimum atomic E-state index is 0. The second-order valence-electron chi connectivity index (χ2n) is 2.73. The molecule has 2 heteroatoms. The minimum absolute atomic E-state index is 0. The Morgan fingerprint density at radius 2 is 0.857 bits per heavy atom. The van der Waals surface area contributed by atoms with E-state index in [9.17, 15) is 0 Å². The van der Waals surface area contributed by atoms with Crippen LogP contribution in [-0.4, -0.2) is 24.4 Å². The van der Waals surface area contributed by atoms with E-state index >= 15 is 0 Å². The number of hydrogen-bond acceptors (Lipinski definition) is 0. The molecule has 0 N–H and O–H groups in total. The van der Waals surface area contributed by atoms with Crippen LogP contribution in [-0.2, 0) is 0 Å². The van der Waals surface area contributed by atoms with Crippen LogP contribution in [0.25, 0.3) is 11.1 Å². The van der Waals surface area contributed by atoms with Crippen molar-refractivity contribution >= 4 is 24.4 Å². The van der Waals surface area contributed by atoms with Crippen molar-refractivity contribution in [2.75, 3.05) is 0 Å². The average molecular weight is 303 g/mol. The summed E-state index contributed by atoms with van der Waals surface area (Å²) in [5, 5.41) is 0. The maximum Gasteiger partial charge on any atom is -0.0184 e. The molecular weight excluding hydrogens is 289 g/mol. The number of benzene rings is 2. The van der Waals surface area contributed by atoms with Crippen molar-refractivity contribution in [2.45, 2.75) is 0 Å². The first-order valence-electron chi connectivity index (χ1n) is 4.07. The first kappa shape index (κ1) is 14.3. The average Bonchev–Trinajstić information content (AvgIpc) is 2.21.